The van der Waals surface area contributed by atoms with Crippen LogP contribution in [0.3, 0.4) is 0 Å². The second-order valence-electron chi connectivity index (χ2n) is 4.40. The van der Waals surface area contributed by atoms with Crippen LogP contribution in [0.5, 0.6) is 0 Å². The summed E-state index contributed by atoms with van der Waals surface area (Å²) in [6.07, 6.45) is 6.36. The lowest BCUT2D eigenvalue weighted by Gasteiger charge is -2.22. The topological polar surface area (TPSA) is 41.6 Å². The highest BCUT2D eigenvalue weighted by Crippen LogP contribution is 2.34. The van der Waals surface area contributed by atoms with Crippen LogP contribution in [0.2, 0.25) is 0 Å². The smallest absolute Gasteiger partial charge is 0.162 e. The SMILES string of the molecule is Cc1nc(C#N)c(C2CCCCC2)n1C. The van der Waals surface area contributed by atoms with E-state index in [1.807, 2.05) is 14.0 Å². The molecule has 0 radical (unpaired) electrons. The molecule has 0 amide bonds. The molecule has 1 aliphatic rings. The van der Waals surface area contributed by atoms with Crippen LogP contribution >= 0.6 is 0 Å². The molecule has 1 aromatic heterocycles. The summed E-state index contributed by atoms with van der Waals surface area (Å²) >= 11 is 0. The van der Waals surface area contributed by atoms with Crippen molar-refractivity contribution < 1.29 is 0 Å². The van der Waals surface area contributed by atoms with Gasteiger partial charge in [0.05, 0.1) is 5.69 Å². The Morgan fingerprint density at radius 2 is 2.00 bits per heavy atom. The molecule has 0 saturated heterocycles. The number of aromatic nitrogens is 2. The van der Waals surface area contributed by atoms with E-state index in [1.54, 1.807) is 0 Å². The Labute approximate surface area is 90.7 Å². The van der Waals surface area contributed by atoms with Crippen LogP contribution in [-0.4, -0.2) is 9.55 Å². The van der Waals surface area contributed by atoms with Gasteiger partial charge in [-0.15, -0.1) is 0 Å². The summed E-state index contributed by atoms with van der Waals surface area (Å²) < 4.78 is 2.09. The van der Waals surface area contributed by atoms with Crippen molar-refractivity contribution in [1.29, 1.82) is 5.26 Å². The minimum absolute atomic E-state index is 0.555. The third-order valence-corrected chi connectivity index (χ3v) is 3.46. The molecule has 1 saturated carbocycles. The molecule has 1 fully saturated rings. The second-order valence-corrected chi connectivity index (χ2v) is 4.40. The van der Waals surface area contributed by atoms with E-state index in [2.05, 4.69) is 15.6 Å². The number of imidazole rings is 1. The van der Waals surface area contributed by atoms with E-state index in [4.69, 9.17) is 5.26 Å². The fourth-order valence-electron chi connectivity index (χ4n) is 2.55. The molecule has 0 bridgehead atoms. The first-order chi connectivity index (χ1) is 7.24. The molecule has 0 spiro atoms. The van der Waals surface area contributed by atoms with Crippen molar-refractivity contribution in [1.82, 2.24) is 9.55 Å². The lowest BCUT2D eigenvalue weighted by molar-refractivity contribution is 0.428. The highest BCUT2D eigenvalue weighted by molar-refractivity contribution is 5.31. The zero-order valence-corrected chi connectivity index (χ0v) is 9.45. The van der Waals surface area contributed by atoms with Crippen LogP contribution in [0.1, 0.15) is 55.2 Å². The quantitative estimate of drug-likeness (QED) is 0.704. The predicted molar refractivity (Wildman–Crippen MR) is 58.5 cm³/mol. The zero-order chi connectivity index (χ0) is 10.8. The Morgan fingerprint density at radius 3 is 2.60 bits per heavy atom. The number of rotatable bonds is 1. The molecule has 0 atom stereocenters. The van der Waals surface area contributed by atoms with Crippen molar-refractivity contribution in [2.45, 2.75) is 44.9 Å². The highest BCUT2D eigenvalue weighted by Gasteiger charge is 2.23. The van der Waals surface area contributed by atoms with Gasteiger partial charge in [0, 0.05) is 13.0 Å². The lowest BCUT2D eigenvalue weighted by Crippen LogP contribution is -2.10. The van der Waals surface area contributed by atoms with Gasteiger partial charge in [-0.1, -0.05) is 19.3 Å². The number of hydrogen-bond donors (Lipinski definition) is 0. The zero-order valence-electron chi connectivity index (χ0n) is 9.45. The summed E-state index contributed by atoms with van der Waals surface area (Å²) in [6, 6.07) is 2.22. The van der Waals surface area contributed by atoms with Gasteiger partial charge in [-0.25, -0.2) is 4.98 Å². The van der Waals surface area contributed by atoms with Gasteiger partial charge in [-0.2, -0.15) is 5.26 Å². The average Bonchev–Trinajstić information content (AvgIpc) is 2.56. The summed E-state index contributed by atoms with van der Waals surface area (Å²) in [5, 5.41) is 9.06. The monoisotopic (exact) mass is 203 g/mol. The Morgan fingerprint density at radius 1 is 1.33 bits per heavy atom. The van der Waals surface area contributed by atoms with Crippen molar-refractivity contribution in [3.8, 4) is 6.07 Å². The normalized spacial score (nSPS) is 17.7. The number of nitrogens with zero attached hydrogens (tertiary/aromatic N) is 3. The summed E-state index contributed by atoms with van der Waals surface area (Å²) in [5.74, 6) is 1.51. The highest BCUT2D eigenvalue weighted by atomic mass is 15.1. The van der Waals surface area contributed by atoms with Crippen LogP contribution in [-0.2, 0) is 7.05 Å². The molecule has 0 aliphatic heterocycles. The maximum absolute atomic E-state index is 9.06. The molecular weight excluding hydrogens is 186 g/mol. The second kappa shape index (κ2) is 4.06. The van der Waals surface area contributed by atoms with Crippen molar-refractivity contribution in [3.05, 3.63) is 17.2 Å². The van der Waals surface area contributed by atoms with E-state index < -0.39 is 0 Å². The Bertz CT molecular complexity index is 392. The first-order valence-corrected chi connectivity index (χ1v) is 5.67. The van der Waals surface area contributed by atoms with Gasteiger partial charge in [0.25, 0.3) is 0 Å². The van der Waals surface area contributed by atoms with Crippen molar-refractivity contribution in [2.24, 2.45) is 7.05 Å². The van der Waals surface area contributed by atoms with Crippen LogP contribution in [0.25, 0.3) is 0 Å². The van der Waals surface area contributed by atoms with Crippen LogP contribution < -0.4 is 0 Å². The maximum atomic E-state index is 9.06. The minimum Gasteiger partial charge on any atom is -0.334 e. The van der Waals surface area contributed by atoms with Gasteiger partial charge in [-0.05, 0) is 19.8 Å². The summed E-state index contributed by atoms with van der Waals surface area (Å²) in [5.41, 5.74) is 1.80. The molecular formula is C12H17N3. The Balaban J connectivity index is 2.37. The molecule has 3 nitrogen and oxygen atoms in total. The van der Waals surface area contributed by atoms with E-state index in [0.29, 0.717) is 11.6 Å². The van der Waals surface area contributed by atoms with E-state index in [1.165, 1.54) is 32.1 Å². The van der Waals surface area contributed by atoms with Crippen LogP contribution in [0.15, 0.2) is 0 Å². The minimum atomic E-state index is 0.555. The molecule has 0 N–H and O–H groups in total. The fourth-order valence-corrected chi connectivity index (χ4v) is 2.55. The largest absolute Gasteiger partial charge is 0.334 e. The Kier molecular flexibility index (Phi) is 2.77. The summed E-state index contributed by atoms with van der Waals surface area (Å²) in [7, 11) is 2.02. The van der Waals surface area contributed by atoms with Crippen molar-refractivity contribution in [3.63, 3.8) is 0 Å². The Hall–Kier alpha value is -1.30. The van der Waals surface area contributed by atoms with Gasteiger partial charge in [0.1, 0.15) is 11.9 Å². The number of nitriles is 1. The third kappa shape index (κ3) is 1.77. The molecule has 3 heteroatoms. The van der Waals surface area contributed by atoms with Crippen molar-refractivity contribution in [2.75, 3.05) is 0 Å². The molecule has 80 valence electrons. The standard InChI is InChI=1S/C12H17N3/c1-9-14-11(8-13)12(15(9)2)10-6-4-3-5-7-10/h10H,3-7H2,1-2H3. The molecule has 0 unspecified atom stereocenters. The van der Waals surface area contributed by atoms with Gasteiger partial charge in [-0.3, -0.25) is 0 Å². The summed E-state index contributed by atoms with van der Waals surface area (Å²) in [6.45, 7) is 1.97. The van der Waals surface area contributed by atoms with Gasteiger partial charge in [0.2, 0.25) is 0 Å². The van der Waals surface area contributed by atoms with Crippen LogP contribution in [0, 0.1) is 18.3 Å². The molecule has 1 aliphatic carbocycles. The molecule has 1 aromatic rings. The van der Waals surface area contributed by atoms with Gasteiger partial charge in [0.15, 0.2) is 5.69 Å². The first kappa shape index (κ1) is 10.2. The number of aryl methyl sites for hydroxylation is 1. The molecule has 1 heterocycles. The summed E-state index contributed by atoms with van der Waals surface area (Å²) in [4.78, 5) is 4.31. The van der Waals surface area contributed by atoms with Gasteiger partial charge < -0.3 is 4.57 Å². The molecule has 2 rings (SSSR count). The lowest BCUT2D eigenvalue weighted by atomic mass is 9.86. The van der Waals surface area contributed by atoms with Gasteiger partial charge >= 0.3 is 0 Å². The van der Waals surface area contributed by atoms with E-state index in [-0.39, 0.29) is 0 Å². The van der Waals surface area contributed by atoms with Crippen LogP contribution in [0.4, 0.5) is 0 Å². The first-order valence-electron chi connectivity index (χ1n) is 5.67. The molecule has 15 heavy (non-hydrogen) atoms. The van der Waals surface area contributed by atoms with E-state index >= 15 is 0 Å². The maximum Gasteiger partial charge on any atom is 0.162 e. The molecule has 0 aromatic carbocycles. The van der Waals surface area contributed by atoms with E-state index in [0.717, 1.165) is 11.5 Å². The fraction of sp³-hybridized carbons (Fsp3) is 0.667. The predicted octanol–water partition coefficient (Wildman–Crippen LogP) is 2.65. The van der Waals surface area contributed by atoms with E-state index in [9.17, 15) is 0 Å². The third-order valence-electron chi connectivity index (χ3n) is 3.46. The van der Waals surface area contributed by atoms with Crippen molar-refractivity contribution >= 4 is 0 Å². The average molecular weight is 203 g/mol. The number of hydrogen-bond acceptors (Lipinski definition) is 2.